The van der Waals surface area contributed by atoms with Gasteiger partial charge in [0.1, 0.15) is 0 Å². The molecule has 0 aliphatic heterocycles. The van der Waals surface area contributed by atoms with E-state index in [4.69, 9.17) is 23.2 Å². The van der Waals surface area contributed by atoms with Gasteiger partial charge < -0.3 is 0 Å². The molecule has 0 saturated heterocycles. The third kappa shape index (κ3) is 2.76. The minimum Gasteiger partial charge on any atom is -0.0831 e. The largest absolute Gasteiger partial charge is 0.0831 e. The highest BCUT2D eigenvalue weighted by Gasteiger charge is 1.99. The van der Waals surface area contributed by atoms with Crippen molar-refractivity contribution in [3.05, 3.63) is 21.7 Å². The summed E-state index contributed by atoms with van der Waals surface area (Å²) < 4.78 is 0. The molecule has 0 aromatic heterocycles. The molecule has 0 bridgehead atoms. The van der Waals surface area contributed by atoms with E-state index in [2.05, 4.69) is 6.92 Å². The third-order valence-corrected chi connectivity index (χ3v) is 2.40. The Kier molecular flexibility index (Phi) is 4.84. The summed E-state index contributed by atoms with van der Waals surface area (Å²) in [4.78, 5) is 0. The molecule has 0 spiro atoms. The van der Waals surface area contributed by atoms with Crippen LogP contribution in [0.3, 0.4) is 0 Å². The Bertz CT molecular complexity index is 166. The molecule has 0 heterocycles. The van der Waals surface area contributed by atoms with E-state index >= 15 is 0 Å². The zero-order valence-corrected chi connectivity index (χ0v) is 8.05. The first-order chi connectivity index (χ1) is 4.63. The molecule has 0 amide bonds. The van der Waals surface area contributed by atoms with E-state index in [9.17, 15) is 0 Å². The summed E-state index contributed by atoms with van der Waals surface area (Å²) in [6, 6.07) is 0. The van der Waals surface area contributed by atoms with Crippen molar-refractivity contribution >= 4 is 23.2 Å². The van der Waals surface area contributed by atoms with Crippen LogP contribution >= 0.6 is 23.2 Å². The fourth-order valence-corrected chi connectivity index (χ4v) is 0.890. The molecule has 0 unspecified atom stereocenters. The van der Waals surface area contributed by atoms with Crippen LogP contribution in [-0.4, -0.2) is 0 Å². The average Bonchev–Trinajstić information content (AvgIpc) is 2.00. The van der Waals surface area contributed by atoms with E-state index in [1.165, 1.54) is 0 Å². The summed E-state index contributed by atoms with van der Waals surface area (Å²) >= 11 is 11.6. The van der Waals surface area contributed by atoms with E-state index in [0.29, 0.717) is 10.1 Å². The van der Waals surface area contributed by atoms with Crippen LogP contribution in [-0.2, 0) is 0 Å². The number of halogens is 2. The summed E-state index contributed by atoms with van der Waals surface area (Å²) in [5.41, 5.74) is 1.13. The number of allylic oxidation sites excluding steroid dienone is 4. The SMILES string of the molecule is CC=C(Cl)C(Cl)=C(C)CC. The van der Waals surface area contributed by atoms with Crippen molar-refractivity contribution in [2.75, 3.05) is 0 Å². The third-order valence-electron chi connectivity index (χ3n) is 1.37. The summed E-state index contributed by atoms with van der Waals surface area (Å²) in [6.07, 6.45) is 2.74. The molecule has 0 aliphatic rings. The zero-order chi connectivity index (χ0) is 8.15. The highest BCUT2D eigenvalue weighted by molar-refractivity contribution is 6.44. The molecule has 58 valence electrons. The fraction of sp³-hybridized carbons (Fsp3) is 0.500. The van der Waals surface area contributed by atoms with Gasteiger partial charge in [-0.05, 0) is 20.3 Å². The van der Waals surface area contributed by atoms with Gasteiger partial charge in [-0.15, -0.1) is 0 Å². The van der Waals surface area contributed by atoms with Crippen LogP contribution in [0.2, 0.25) is 0 Å². The molecule has 0 nitrogen and oxygen atoms in total. The van der Waals surface area contributed by atoms with Gasteiger partial charge >= 0.3 is 0 Å². The Hall–Kier alpha value is 0.0600. The van der Waals surface area contributed by atoms with Crippen LogP contribution in [0.15, 0.2) is 21.7 Å². The molecule has 0 atom stereocenters. The second-order valence-corrected chi connectivity index (χ2v) is 2.87. The monoisotopic (exact) mass is 178 g/mol. The van der Waals surface area contributed by atoms with Crippen LogP contribution in [0.4, 0.5) is 0 Å². The minimum absolute atomic E-state index is 0.640. The van der Waals surface area contributed by atoms with Crippen molar-refractivity contribution in [1.82, 2.24) is 0 Å². The number of hydrogen-bond donors (Lipinski definition) is 0. The summed E-state index contributed by atoms with van der Waals surface area (Å²) in [5.74, 6) is 0. The smallest absolute Gasteiger partial charge is 0.0578 e. The highest BCUT2D eigenvalue weighted by atomic mass is 35.5. The Labute approximate surface area is 72.5 Å². The lowest BCUT2D eigenvalue weighted by Gasteiger charge is -1.99. The van der Waals surface area contributed by atoms with E-state index in [-0.39, 0.29) is 0 Å². The predicted octanol–water partition coefficient (Wildman–Crippen LogP) is 4.05. The summed E-state index contributed by atoms with van der Waals surface area (Å²) in [6.45, 7) is 5.90. The van der Waals surface area contributed by atoms with Crippen molar-refractivity contribution < 1.29 is 0 Å². The molecule has 10 heavy (non-hydrogen) atoms. The first kappa shape index (κ1) is 10.1. The fourth-order valence-electron chi connectivity index (χ4n) is 0.486. The van der Waals surface area contributed by atoms with Gasteiger partial charge in [0, 0.05) is 0 Å². The first-order valence-corrected chi connectivity index (χ1v) is 4.06. The van der Waals surface area contributed by atoms with Gasteiger partial charge in [-0.25, -0.2) is 0 Å². The normalized spacial score (nSPS) is 15.1. The van der Waals surface area contributed by atoms with Crippen LogP contribution in [0.5, 0.6) is 0 Å². The first-order valence-electron chi connectivity index (χ1n) is 3.30. The lowest BCUT2D eigenvalue weighted by molar-refractivity contribution is 1.09. The minimum atomic E-state index is 0.640. The van der Waals surface area contributed by atoms with Crippen LogP contribution in [0, 0.1) is 0 Å². The second-order valence-electron chi connectivity index (χ2n) is 2.08. The van der Waals surface area contributed by atoms with Crippen LogP contribution in [0.25, 0.3) is 0 Å². The molecule has 0 radical (unpaired) electrons. The number of rotatable bonds is 2. The quantitative estimate of drug-likeness (QED) is 0.561. The van der Waals surface area contributed by atoms with E-state index in [0.717, 1.165) is 12.0 Å². The van der Waals surface area contributed by atoms with Gasteiger partial charge in [-0.3, -0.25) is 0 Å². The summed E-state index contributed by atoms with van der Waals surface area (Å²) in [7, 11) is 0. The molecule has 0 rings (SSSR count). The molecular formula is C8H12Cl2. The van der Waals surface area contributed by atoms with Crippen LogP contribution < -0.4 is 0 Å². The van der Waals surface area contributed by atoms with Gasteiger partial charge in [-0.2, -0.15) is 0 Å². The molecule has 2 heteroatoms. The lowest BCUT2D eigenvalue weighted by atomic mass is 10.2. The Morgan fingerprint density at radius 3 is 2.20 bits per heavy atom. The molecule has 0 aromatic carbocycles. The van der Waals surface area contributed by atoms with Gasteiger partial charge in [-0.1, -0.05) is 41.8 Å². The molecule has 0 saturated carbocycles. The van der Waals surface area contributed by atoms with E-state index < -0.39 is 0 Å². The van der Waals surface area contributed by atoms with Crippen molar-refractivity contribution in [3.63, 3.8) is 0 Å². The maximum absolute atomic E-state index is 5.86. The maximum atomic E-state index is 5.86. The van der Waals surface area contributed by atoms with Gasteiger partial charge in [0.15, 0.2) is 0 Å². The maximum Gasteiger partial charge on any atom is 0.0578 e. The topological polar surface area (TPSA) is 0 Å². The van der Waals surface area contributed by atoms with Crippen LogP contribution in [0.1, 0.15) is 27.2 Å². The zero-order valence-electron chi connectivity index (χ0n) is 6.54. The Morgan fingerprint density at radius 1 is 1.40 bits per heavy atom. The Morgan fingerprint density at radius 2 is 1.90 bits per heavy atom. The van der Waals surface area contributed by atoms with E-state index in [1.54, 1.807) is 6.08 Å². The molecule has 0 N–H and O–H groups in total. The van der Waals surface area contributed by atoms with Gasteiger partial charge in [0.2, 0.25) is 0 Å². The molecule has 0 fully saturated rings. The molecule has 0 aromatic rings. The van der Waals surface area contributed by atoms with Gasteiger partial charge in [0.05, 0.1) is 10.1 Å². The Balaban J connectivity index is 4.46. The highest BCUT2D eigenvalue weighted by Crippen LogP contribution is 2.23. The summed E-state index contributed by atoms with van der Waals surface area (Å²) in [5, 5.41) is 1.33. The predicted molar refractivity (Wildman–Crippen MR) is 48.5 cm³/mol. The number of hydrogen-bond acceptors (Lipinski definition) is 0. The molecule has 0 aliphatic carbocycles. The van der Waals surface area contributed by atoms with Crippen molar-refractivity contribution in [2.45, 2.75) is 27.2 Å². The van der Waals surface area contributed by atoms with Crippen molar-refractivity contribution in [1.29, 1.82) is 0 Å². The second kappa shape index (κ2) is 4.81. The molecular weight excluding hydrogens is 167 g/mol. The lowest BCUT2D eigenvalue weighted by Crippen LogP contribution is -1.79. The van der Waals surface area contributed by atoms with Gasteiger partial charge in [0.25, 0.3) is 0 Å². The average molecular weight is 179 g/mol. The standard InChI is InChI=1S/C8H12Cl2/c1-4-6(3)8(10)7(9)5-2/h5H,4H2,1-3H3. The van der Waals surface area contributed by atoms with Crippen molar-refractivity contribution in [2.24, 2.45) is 0 Å². The van der Waals surface area contributed by atoms with Crippen molar-refractivity contribution in [3.8, 4) is 0 Å². The van der Waals surface area contributed by atoms with E-state index in [1.807, 2.05) is 13.8 Å².